The summed E-state index contributed by atoms with van der Waals surface area (Å²) < 4.78 is 15.4. The Hall–Kier alpha value is -3.81. The maximum Gasteiger partial charge on any atom is 0.280 e. The highest BCUT2D eigenvalue weighted by molar-refractivity contribution is 6.03. The summed E-state index contributed by atoms with van der Waals surface area (Å²) in [4.78, 5) is 38.5. The molecule has 0 aliphatic heterocycles. The lowest BCUT2D eigenvalue weighted by Gasteiger charge is -2.13. The molecule has 0 aliphatic carbocycles. The molecule has 2 amide bonds. The summed E-state index contributed by atoms with van der Waals surface area (Å²) in [5.41, 5.74) is 0.250. The van der Waals surface area contributed by atoms with E-state index in [1.807, 2.05) is 0 Å². The van der Waals surface area contributed by atoms with E-state index in [0.29, 0.717) is 16.9 Å². The van der Waals surface area contributed by atoms with Crippen LogP contribution in [0.5, 0.6) is 0 Å². The number of aryl methyl sites for hydroxylation is 1. The third-order valence-electron chi connectivity index (χ3n) is 4.18. The summed E-state index contributed by atoms with van der Waals surface area (Å²) in [5, 5.41) is 6.63. The summed E-state index contributed by atoms with van der Waals surface area (Å²) >= 11 is 0. The van der Waals surface area contributed by atoms with E-state index < -0.39 is 17.2 Å². The van der Waals surface area contributed by atoms with Gasteiger partial charge in [-0.25, -0.2) is 9.07 Å². The van der Waals surface area contributed by atoms with E-state index in [-0.39, 0.29) is 17.3 Å². The maximum absolute atomic E-state index is 14.1. The molecule has 3 rings (SSSR count). The van der Waals surface area contributed by atoms with Crippen LogP contribution >= 0.6 is 0 Å². The van der Waals surface area contributed by atoms with Crippen LogP contribution in [0.15, 0.2) is 59.4 Å². The Morgan fingerprint density at radius 1 is 1.07 bits per heavy atom. The van der Waals surface area contributed by atoms with Crippen molar-refractivity contribution >= 4 is 17.5 Å². The third kappa shape index (κ3) is 4.21. The zero-order chi connectivity index (χ0) is 21.1. The first kappa shape index (κ1) is 19.9. The van der Waals surface area contributed by atoms with Crippen molar-refractivity contribution in [2.75, 3.05) is 19.4 Å². The first-order valence-electron chi connectivity index (χ1n) is 8.77. The molecule has 0 radical (unpaired) electrons. The lowest BCUT2D eigenvalue weighted by Crippen LogP contribution is -2.27. The van der Waals surface area contributed by atoms with Gasteiger partial charge in [0.05, 0.1) is 0 Å². The van der Waals surface area contributed by atoms with Crippen LogP contribution < -0.4 is 10.7 Å². The Morgan fingerprint density at radius 2 is 1.79 bits per heavy atom. The number of carbonyl (C=O) groups is 2. The number of anilines is 1. The molecule has 3 aromatic rings. The molecule has 29 heavy (non-hydrogen) atoms. The van der Waals surface area contributed by atoms with Gasteiger partial charge in [0, 0.05) is 37.1 Å². The Balaban J connectivity index is 1.96. The summed E-state index contributed by atoms with van der Waals surface area (Å²) in [6.07, 6.45) is 0. The number of carbonyl (C=O) groups excluding carboxylic acids is 2. The number of para-hydroxylation sites is 1. The Kier molecular flexibility index (Phi) is 5.54. The van der Waals surface area contributed by atoms with Gasteiger partial charge in [0.1, 0.15) is 11.5 Å². The molecule has 0 atom stereocenters. The van der Waals surface area contributed by atoms with Crippen molar-refractivity contribution in [3.8, 4) is 5.69 Å². The fourth-order valence-corrected chi connectivity index (χ4v) is 2.75. The monoisotopic (exact) mass is 394 g/mol. The molecular weight excluding hydrogens is 375 g/mol. The molecule has 0 saturated heterocycles. The second-order valence-electron chi connectivity index (χ2n) is 6.60. The number of nitrogens with one attached hydrogen (secondary N) is 1. The highest BCUT2D eigenvalue weighted by Crippen LogP contribution is 2.15. The smallest absolute Gasteiger partial charge is 0.280 e. The quantitative estimate of drug-likeness (QED) is 0.737. The zero-order valence-corrected chi connectivity index (χ0v) is 16.1. The largest absolute Gasteiger partial charge is 0.345 e. The van der Waals surface area contributed by atoms with Crippen molar-refractivity contribution < 1.29 is 14.0 Å². The van der Waals surface area contributed by atoms with Crippen LogP contribution in [0.4, 0.5) is 10.1 Å². The van der Waals surface area contributed by atoms with Crippen LogP contribution in [0.1, 0.15) is 26.5 Å². The van der Waals surface area contributed by atoms with E-state index in [1.165, 1.54) is 39.9 Å². The zero-order valence-electron chi connectivity index (χ0n) is 16.1. The minimum Gasteiger partial charge on any atom is -0.345 e. The number of rotatable bonds is 4. The molecule has 8 heteroatoms. The van der Waals surface area contributed by atoms with E-state index >= 15 is 0 Å². The molecule has 0 aliphatic rings. The standard InChI is InChI=1S/C21H19FN4O3/c1-13-11-18(27)19(24-26(13)17-10-5-4-9-16(17)22)20(28)23-15-8-6-7-14(12-15)21(29)25(2)3/h4-12H,1-3H3,(H,23,28). The molecule has 0 bridgehead atoms. The molecule has 148 valence electrons. The van der Waals surface area contributed by atoms with E-state index in [1.54, 1.807) is 45.3 Å². The minimum absolute atomic E-state index is 0.123. The van der Waals surface area contributed by atoms with Crippen molar-refractivity contribution in [3.63, 3.8) is 0 Å². The van der Waals surface area contributed by atoms with Crippen molar-refractivity contribution in [1.29, 1.82) is 0 Å². The topological polar surface area (TPSA) is 84.3 Å². The molecule has 0 saturated carbocycles. The van der Waals surface area contributed by atoms with Crippen LogP contribution in [-0.2, 0) is 0 Å². The van der Waals surface area contributed by atoms with E-state index in [9.17, 15) is 18.8 Å². The molecule has 0 spiro atoms. The van der Waals surface area contributed by atoms with Crippen molar-refractivity contribution in [3.05, 3.63) is 87.6 Å². The molecule has 2 aromatic carbocycles. The van der Waals surface area contributed by atoms with Crippen molar-refractivity contribution in [1.82, 2.24) is 14.7 Å². The first-order chi connectivity index (χ1) is 13.8. The van der Waals surface area contributed by atoms with Gasteiger partial charge in [-0.1, -0.05) is 18.2 Å². The number of aromatic nitrogens is 2. The van der Waals surface area contributed by atoms with Gasteiger partial charge in [-0.3, -0.25) is 14.4 Å². The van der Waals surface area contributed by atoms with Gasteiger partial charge in [0.25, 0.3) is 11.8 Å². The minimum atomic E-state index is -0.755. The van der Waals surface area contributed by atoms with Crippen LogP contribution in [0.25, 0.3) is 5.69 Å². The van der Waals surface area contributed by atoms with E-state index in [0.717, 1.165) is 0 Å². The Morgan fingerprint density at radius 3 is 2.48 bits per heavy atom. The van der Waals surface area contributed by atoms with Gasteiger partial charge in [-0.15, -0.1) is 0 Å². The van der Waals surface area contributed by atoms with Crippen LogP contribution in [0.2, 0.25) is 0 Å². The van der Waals surface area contributed by atoms with Gasteiger partial charge in [-0.05, 0) is 37.3 Å². The number of amides is 2. The first-order valence-corrected chi connectivity index (χ1v) is 8.77. The normalized spacial score (nSPS) is 10.5. The second-order valence-corrected chi connectivity index (χ2v) is 6.60. The SMILES string of the molecule is Cc1cc(=O)c(C(=O)Nc2cccc(C(=O)N(C)C)c2)nn1-c1ccccc1F. The van der Waals surface area contributed by atoms with Crippen molar-refractivity contribution in [2.45, 2.75) is 6.92 Å². The Bertz CT molecular complexity index is 1150. The lowest BCUT2D eigenvalue weighted by atomic mass is 10.1. The van der Waals surface area contributed by atoms with Crippen LogP contribution in [0.3, 0.4) is 0 Å². The highest BCUT2D eigenvalue weighted by Gasteiger charge is 2.17. The molecule has 1 N–H and O–H groups in total. The molecule has 1 heterocycles. The van der Waals surface area contributed by atoms with E-state index in [2.05, 4.69) is 10.4 Å². The van der Waals surface area contributed by atoms with Crippen LogP contribution in [0, 0.1) is 12.7 Å². The van der Waals surface area contributed by atoms with Gasteiger partial charge in [0.15, 0.2) is 5.69 Å². The van der Waals surface area contributed by atoms with Gasteiger partial charge in [0.2, 0.25) is 5.43 Å². The Labute approximate surface area is 166 Å². The molecular formula is C21H19FN4O3. The maximum atomic E-state index is 14.1. The fourth-order valence-electron chi connectivity index (χ4n) is 2.75. The summed E-state index contributed by atoms with van der Waals surface area (Å²) in [7, 11) is 3.24. The molecule has 7 nitrogen and oxygen atoms in total. The van der Waals surface area contributed by atoms with Crippen molar-refractivity contribution in [2.24, 2.45) is 0 Å². The lowest BCUT2D eigenvalue weighted by molar-refractivity contribution is 0.0827. The molecule has 0 fully saturated rings. The third-order valence-corrected chi connectivity index (χ3v) is 4.18. The number of nitrogens with zero attached hydrogens (tertiary/aromatic N) is 3. The predicted octanol–water partition coefficient (Wildman–Crippen LogP) is 2.63. The highest BCUT2D eigenvalue weighted by atomic mass is 19.1. The van der Waals surface area contributed by atoms with E-state index in [4.69, 9.17) is 0 Å². The average molecular weight is 394 g/mol. The summed E-state index contributed by atoms with van der Waals surface area (Å²) in [6.45, 7) is 1.60. The predicted molar refractivity (Wildman–Crippen MR) is 107 cm³/mol. The molecule has 0 unspecified atom stereocenters. The summed E-state index contributed by atoms with van der Waals surface area (Å²) in [5.74, 6) is -1.51. The number of benzene rings is 2. The molecule has 1 aromatic heterocycles. The van der Waals surface area contributed by atoms with Gasteiger partial charge >= 0.3 is 0 Å². The number of halogens is 1. The van der Waals surface area contributed by atoms with Gasteiger partial charge in [-0.2, -0.15) is 5.10 Å². The fraction of sp³-hybridized carbons (Fsp3) is 0.143. The summed E-state index contributed by atoms with van der Waals surface area (Å²) in [6, 6.07) is 13.5. The second kappa shape index (κ2) is 8.05. The number of hydrogen-bond donors (Lipinski definition) is 1. The average Bonchev–Trinajstić information content (AvgIpc) is 2.68. The van der Waals surface area contributed by atoms with Crippen LogP contribution in [-0.4, -0.2) is 40.6 Å². The number of hydrogen-bond acceptors (Lipinski definition) is 4. The van der Waals surface area contributed by atoms with Gasteiger partial charge < -0.3 is 10.2 Å².